The second kappa shape index (κ2) is 4.50. The van der Waals surface area contributed by atoms with Crippen LogP contribution in [-0.4, -0.2) is 40.4 Å². The van der Waals surface area contributed by atoms with Crippen molar-refractivity contribution in [1.82, 2.24) is 15.3 Å². The van der Waals surface area contributed by atoms with Crippen LogP contribution in [0.2, 0.25) is 5.28 Å². The highest BCUT2D eigenvalue weighted by Crippen LogP contribution is 2.49. The summed E-state index contributed by atoms with van der Waals surface area (Å²) in [5.74, 6) is -3.86. The Kier molecular flexibility index (Phi) is 3.09. The lowest BCUT2D eigenvalue weighted by Gasteiger charge is -2.49. The summed E-state index contributed by atoms with van der Waals surface area (Å²) in [7, 11) is 0. The molecule has 0 unspecified atom stereocenters. The molecule has 1 amide bonds. The zero-order valence-corrected chi connectivity index (χ0v) is 12.4. The van der Waals surface area contributed by atoms with Gasteiger partial charge in [-0.2, -0.15) is 0 Å². The molecule has 5 nitrogen and oxygen atoms in total. The molecule has 1 aromatic rings. The molecule has 1 saturated heterocycles. The van der Waals surface area contributed by atoms with Crippen LogP contribution in [0.3, 0.4) is 0 Å². The summed E-state index contributed by atoms with van der Waals surface area (Å²) in [6.07, 6.45) is 1.28. The summed E-state index contributed by atoms with van der Waals surface area (Å²) < 4.78 is 25.8. The minimum Gasteiger partial charge on any atom is -0.351 e. The summed E-state index contributed by atoms with van der Waals surface area (Å²) in [6.45, 7) is 4.71. The number of aryl methyl sites for hydroxylation is 1. The third-order valence-electron chi connectivity index (χ3n) is 3.86. The molecule has 0 bridgehead atoms. The Morgan fingerprint density at radius 2 is 2.14 bits per heavy atom. The van der Waals surface area contributed by atoms with Gasteiger partial charge in [0.2, 0.25) is 11.2 Å². The van der Waals surface area contributed by atoms with Crippen LogP contribution in [0.4, 0.5) is 14.6 Å². The van der Waals surface area contributed by atoms with Gasteiger partial charge in [0.1, 0.15) is 11.7 Å². The van der Waals surface area contributed by atoms with Gasteiger partial charge in [-0.15, -0.1) is 0 Å². The second-order valence-electron chi connectivity index (χ2n) is 6.07. The molecule has 8 heteroatoms. The minimum absolute atomic E-state index is 0.158. The molecule has 1 aliphatic carbocycles. The quantitative estimate of drug-likeness (QED) is 0.864. The fourth-order valence-corrected chi connectivity index (χ4v) is 2.77. The second-order valence-corrected chi connectivity index (χ2v) is 6.41. The topological polar surface area (TPSA) is 58.1 Å². The first-order valence-corrected chi connectivity index (χ1v) is 7.02. The Morgan fingerprint density at radius 3 is 2.71 bits per heavy atom. The van der Waals surface area contributed by atoms with E-state index in [2.05, 4.69) is 15.3 Å². The fraction of sp³-hybridized carbons (Fsp3) is 0.615. The van der Waals surface area contributed by atoms with Crippen LogP contribution in [0.15, 0.2) is 6.20 Å². The molecule has 2 fully saturated rings. The number of amides is 1. The monoisotopic (exact) mass is 316 g/mol. The van der Waals surface area contributed by atoms with Crippen molar-refractivity contribution >= 4 is 23.3 Å². The van der Waals surface area contributed by atoms with Gasteiger partial charge in [-0.25, -0.2) is 18.7 Å². The van der Waals surface area contributed by atoms with E-state index in [1.807, 2.05) is 18.7 Å². The SMILES string of the molecule is Cc1cnc(Cl)nc1N1CC(C)(NC(=O)[C@@H]2CC2(F)F)C1. The normalized spacial score (nSPS) is 25.2. The summed E-state index contributed by atoms with van der Waals surface area (Å²) in [5, 5.41) is 2.87. The third-order valence-corrected chi connectivity index (χ3v) is 4.04. The number of carbonyl (C=O) groups is 1. The number of anilines is 1. The number of aromatic nitrogens is 2. The number of hydrogen-bond acceptors (Lipinski definition) is 4. The Morgan fingerprint density at radius 1 is 1.52 bits per heavy atom. The van der Waals surface area contributed by atoms with Gasteiger partial charge in [0, 0.05) is 31.3 Å². The van der Waals surface area contributed by atoms with Crippen molar-refractivity contribution in [3.8, 4) is 0 Å². The molecule has 2 aliphatic rings. The van der Waals surface area contributed by atoms with Gasteiger partial charge in [-0.1, -0.05) is 0 Å². The maximum absolute atomic E-state index is 12.9. The standard InChI is InChI=1S/C13H15ClF2N4O/c1-7-4-17-11(14)18-9(7)20-5-12(2,6-20)19-10(21)8-3-13(8,15)16/h4,8H,3,5-6H2,1-2H3,(H,19,21)/t8-/m0/s1. The highest BCUT2D eigenvalue weighted by atomic mass is 35.5. The largest absolute Gasteiger partial charge is 0.351 e. The first-order valence-electron chi connectivity index (χ1n) is 6.64. The predicted molar refractivity (Wildman–Crippen MR) is 73.6 cm³/mol. The van der Waals surface area contributed by atoms with Crippen molar-refractivity contribution in [3.63, 3.8) is 0 Å². The smallest absolute Gasteiger partial charge is 0.260 e. The lowest BCUT2D eigenvalue weighted by atomic mass is 9.91. The first-order chi connectivity index (χ1) is 9.70. The van der Waals surface area contributed by atoms with E-state index >= 15 is 0 Å². The molecule has 0 spiro atoms. The van der Waals surface area contributed by atoms with Gasteiger partial charge in [-0.05, 0) is 25.4 Å². The number of rotatable bonds is 3. The van der Waals surface area contributed by atoms with Crippen LogP contribution in [0.1, 0.15) is 18.9 Å². The third kappa shape index (κ3) is 2.66. The zero-order valence-electron chi connectivity index (χ0n) is 11.7. The van der Waals surface area contributed by atoms with Crippen molar-refractivity contribution in [2.75, 3.05) is 18.0 Å². The van der Waals surface area contributed by atoms with Crippen LogP contribution in [-0.2, 0) is 4.79 Å². The highest BCUT2D eigenvalue weighted by molar-refractivity contribution is 6.28. The summed E-state index contributed by atoms with van der Waals surface area (Å²) in [6, 6.07) is 0. The lowest BCUT2D eigenvalue weighted by molar-refractivity contribution is -0.126. The molecule has 1 N–H and O–H groups in total. The molecular weight excluding hydrogens is 302 g/mol. The predicted octanol–water partition coefficient (Wildman–Crippen LogP) is 1.79. The maximum atomic E-state index is 12.9. The van der Waals surface area contributed by atoms with Crippen LogP contribution >= 0.6 is 11.6 Å². The molecule has 1 saturated carbocycles. The van der Waals surface area contributed by atoms with Crippen LogP contribution in [0, 0.1) is 12.8 Å². The Hall–Kier alpha value is -1.50. The average molecular weight is 317 g/mol. The summed E-state index contributed by atoms with van der Waals surface area (Å²) in [5.41, 5.74) is 0.362. The van der Waals surface area contributed by atoms with E-state index in [0.717, 1.165) is 5.56 Å². The zero-order chi connectivity index (χ0) is 15.4. The number of alkyl halides is 2. The van der Waals surface area contributed by atoms with Gasteiger partial charge >= 0.3 is 0 Å². The summed E-state index contributed by atoms with van der Waals surface area (Å²) >= 11 is 5.78. The van der Waals surface area contributed by atoms with Gasteiger partial charge in [-0.3, -0.25) is 4.79 Å². The number of carbonyl (C=O) groups excluding carboxylic acids is 1. The van der Waals surface area contributed by atoms with E-state index < -0.39 is 23.3 Å². The Bertz CT molecular complexity index is 604. The molecule has 3 rings (SSSR count). The van der Waals surface area contributed by atoms with E-state index in [0.29, 0.717) is 18.9 Å². The molecule has 1 atom stereocenters. The Labute approximate surface area is 125 Å². The molecule has 0 radical (unpaired) electrons. The molecule has 1 aliphatic heterocycles. The van der Waals surface area contributed by atoms with Crippen molar-refractivity contribution in [1.29, 1.82) is 0 Å². The maximum Gasteiger partial charge on any atom is 0.260 e. The fourth-order valence-electron chi connectivity index (χ4n) is 2.64. The summed E-state index contributed by atoms with van der Waals surface area (Å²) in [4.78, 5) is 21.7. The van der Waals surface area contributed by atoms with E-state index in [1.54, 1.807) is 6.20 Å². The molecule has 21 heavy (non-hydrogen) atoms. The molecule has 0 aromatic carbocycles. The first kappa shape index (κ1) is 14.4. The molecular formula is C13H15ClF2N4O. The van der Waals surface area contributed by atoms with Gasteiger partial charge in [0.05, 0.1) is 5.54 Å². The average Bonchev–Trinajstić information content (AvgIpc) is 2.99. The number of hydrogen-bond donors (Lipinski definition) is 1. The Balaban J connectivity index is 1.61. The van der Waals surface area contributed by atoms with E-state index in [1.165, 1.54) is 0 Å². The van der Waals surface area contributed by atoms with Gasteiger partial charge < -0.3 is 10.2 Å². The minimum atomic E-state index is -2.83. The van der Waals surface area contributed by atoms with Crippen LogP contribution in [0.25, 0.3) is 0 Å². The highest BCUT2D eigenvalue weighted by Gasteiger charge is 2.62. The van der Waals surface area contributed by atoms with Crippen LogP contribution < -0.4 is 10.2 Å². The van der Waals surface area contributed by atoms with Crippen molar-refractivity contribution in [2.45, 2.75) is 31.7 Å². The molecule has 2 heterocycles. The number of nitrogens with zero attached hydrogens (tertiary/aromatic N) is 3. The van der Waals surface area contributed by atoms with E-state index in [-0.39, 0.29) is 11.7 Å². The van der Waals surface area contributed by atoms with Gasteiger partial charge in [0.15, 0.2) is 0 Å². The van der Waals surface area contributed by atoms with Crippen molar-refractivity contribution < 1.29 is 13.6 Å². The van der Waals surface area contributed by atoms with Crippen molar-refractivity contribution in [3.05, 3.63) is 17.0 Å². The molecule has 114 valence electrons. The van der Waals surface area contributed by atoms with E-state index in [9.17, 15) is 13.6 Å². The van der Waals surface area contributed by atoms with Gasteiger partial charge in [0.25, 0.3) is 5.92 Å². The van der Waals surface area contributed by atoms with E-state index in [4.69, 9.17) is 11.6 Å². The lowest BCUT2D eigenvalue weighted by Crippen LogP contribution is -2.69. The van der Waals surface area contributed by atoms with Crippen molar-refractivity contribution in [2.24, 2.45) is 5.92 Å². The van der Waals surface area contributed by atoms with Crippen LogP contribution in [0.5, 0.6) is 0 Å². The number of halogens is 3. The molecule has 1 aromatic heterocycles. The number of nitrogens with one attached hydrogen (secondary N) is 1.